The van der Waals surface area contributed by atoms with E-state index < -0.39 is 11.5 Å². The molecule has 68 valence electrons. The van der Waals surface area contributed by atoms with Crippen molar-refractivity contribution in [3.8, 4) is 0 Å². The Balaban J connectivity index is 2.37. The molecule has 1 aliphatic heterocycles. The first-order chi connectivity index (χ1) is 6.12. The first-order valence-electron chi connectivity index (χ1n) is 4.21. The van der Waals surface area contributed by atoms with Crippen LogP contribution in [0.15, 0.2) is 24.3 Å². The number of aliphatic carboxylic acids is 1. The van der Waals surface area contributed by atoms with Gasteiger partial charge >= 0.3 is 5.97 Å². The van der Waals surface area contributed by atoms with Crippen molar-refractivity contribution in [3.63, 3.8) is 0 Å². The molecule has 0 aromatic heterocycles. The molecule has 2 N–H and O–H groups in total. The lowest BCUT2D eigenvalue weighted by molar-refractivity contribution is -0.141. The van der Waals surface area contributed by atoms with E-state index >= 15 is 0 Å². The second kappa shape index (κ2) is 2.49. The Morgan fingerprint density at radius 1 is 1.54 bits per heavy atom. The van der Waals surface area contributed by atoms with Gasteiger partial charge in [-0.3, -0.25) is 0 Å². The second-order valence-corrected chi connectivity index (χ2v) is 3.60. The molecule has 0 unspecified atom stereocenters. The standard InChI is InChI=1S/C10H11NO2/c1-10(9(12)13)6-7-4-2-3-5-8(7)11-10/h2-5,11H,6H2,1H3,(H,12,13)/t10-/m0/s1. The highest BCUT2D eigenvalue weighted by molar-refractivity contribution is 5.85. The quantitative estimate of drug-likeness (QED) is 0.683. The van der Waals surface area contributed by atoms with E-state index in [1.54, 1.807) is 6.92 Å². The molecule has 3 heteroatoms. The van der Waals surface area contributed by atoms with Crippen LogP contribution in [0.3, 0.4) is 0 Å². The SMILES string of the molecule is C[C@@]1(C(=O)O)Cc2ccccc2N1. The number of carboxylic acids is 1. The van der Waals surface area contributed by atoms with E-state index in [9.17, 15) is 4.79 Å². The number of anilines is 1. The van der Waals surface area contributed by atoms with Gasteiger partial charge in [0.25, 0.3) is 0 Å². The Hall–Kier alpha value is -1.51. The third-order valence-electron chi connectivity index (χ3n) is 2.44. The third-order valence-corrected chi connectivity index (χ3v) is 2.44. The molecule has 1 atom stereocenters. The van der Waals surface area contributed by atoms with Gasteiger partial charge in [0, 0.05) is 12.1 Å². The fraction of sp³-hybridized carbons (Fsp3) is 0.300. The van der Waals surface area contributed by atoms with Crippen LogP contribution in [0.5, 0.6) is 0 Å². The molecule has 0 saturated carbocycles. The van der Waals surface area contributed by atoms with Gasteiger partial charge in [0.2, 0.25) is 0 Å². The van der Waals surface area contributed by atoms with Crippen LogP contribution in [0.2, 0.25) is 0 Å². The molecule has 2 rings (SSSR count). The monoisotopic (exact) mass is 177 g/mol. The van der Waals surface area contributed by atoms with Crippen LogP contribution in [0.25, 0.3) is 0 Å². The number of para-hydroxylation sites is 1. The van der Waals surface area contributed by atoms with Crippen LogP contribution in [-0.2, 0) is 11.2 Å². The summed E-state index contributed by atoms with van der Waals surface area (Å²) in [5.74, 6) is -0.802. The summed E-state index contributed by atoms with van der Waals surface area (Å²) in [6, 6.07) is 7.69. The van der Waals surface area contributed by atoms with Crippen LogP contribution in [0.4, 0.5) is 5.69 Å². The van der Waals surface area contributed by atoms with Gasteiger partial charge in [-0.15, -0.1) is 0 Å². The van der Waals surface area contributed by atoms with Crippen molar-refractivity contribution < 1.29 is 9.90 Å². The lowest BCUT2D eigenvalue weighted by Gasteiger charge is -2.18. The summed E-state index contributed by atoms with van der Waals surface area (Å²) in [6.07, 6.45) is 0.554. The van der Waals surface area contributed by atoms with Gasteiger partial charge in [0.05, 0.1) is 0 Å². The number of rotatable bonds is 1. The van der Waals surface area contributed by atoms with Gasteiger partial charge in [-0.1, -0.05) is 18.2 Å². The van der Waals surface area contributed by atoms with E-state index in [0.29, 0.717) is 6.42 Å². The summed E-state index contributed by atoms with van der Waals surface area (Å²) in [5.41, 5.74) is 1.18. The Kier molecular flexibility index (Phi) is 1.55. The molecule has 3 nitrogen and oxygen atoms in total. The summed E-state index contributed by atoms with van der Waals surface area (Å²) in [4.78, 5) is 10.9. The van der Waals surface area contributed by atoms with Crippen molar-refractivity contribution in [2.45, 2.75) is 18.9 Å². The summed E-state index contributed by atoms with van der Waals surface area (Å²) >= 11 is 0. The maximum absolute atomic E-state index is 10.9. The molecule has 13 heavy (non-hydrogen) atoms. The minimum Gasteiger partial charge on any atom is -0.480 e. The molecule has 0 fully saturated rings. The number of hydrogen-bond acceptors (Lipinski definition) is 2. The van der Waals surface area contributed by atoms with Gasteiger partial charge in [0.15, 0.2) is 0 Å². The van der Waals surface area contributed by atoms with Gasteiger partial charge in [-0.25, -0.2) is 4.79 Å². The van der Waals surface area contributed by atoms with Gasteiger partial charge in [0.1, 0.15) is 5.54 Å². The van der Waals surface area contributed by atoms with Crippen molar-refractivity contribution in [2.75, 3.05) is 5.32 Å². The van der Waals surface area contributed by atoms with Gasteiger partial charge in [-0.2, -0.15) is 0 Å². The molecule has 1 heterocycles. The predicted octanol–water partition coefficient (Wildman–Crippen LogP) is 1.50. The number of nitrogens with one attached hydrogen (secondary N) is 1. The first-order valence-corrected chi connectivity index (χ1v) is 4.21. The van der Waals surface area contributed by atoms with Crippen molar-refractivity contribution in [1.82, 2.24) is 0 Å². The van der Waals surface area contributed by atoms with Crippen LogP contribution in [-0.4, -0.2) is 16.6 Å². The molecular formula is C10H11NO2. The van der Waals surface area contributed by atoms with Crippen molar-refractivity contribution >= 4 is 11.7 Å². The molecule has 1 aromatic rings. The highest BCUT2D eigenvalue weighted by atomic mass is 16.4. The van der Waals surface area contributed by atoms with Crippen LogP contribution >= 0.6 is 0 Å². The molecular weight excluding hydrogens is 166 g/mol. The number of hydrogen-bond donors (Lipinski definition) is 2. The lowest BCUT2D eigenvalue weighted by atomic mass is 9.98. The normalized spacial score (nSPS) is 25.0. The zero-order valence-electron chi connectivity index (χ0n) is 7.37. The Morgan fingerprint density at radius 2 is 2.23 bits per heavy atom. The average Bonchev–Trinajstić information content (AvgIpc) is 2.42. The number of carboxylic acid groups (broad SMARTS) is 1. The van der Waals surface area contributed by atoms with Gasteiger partial charge < -0.3 is 10.4 Å². The first kappa shape index (κ1) is 8.10. The van der Waals surface area contributed by atoms with Crippen molar-refractivity contribution in [2.24, 2.45) is 0 Å². The Bertz CT molecular complexity index is 335. The third kappa shape index (κ3) is 1.16. The molecule has 1 aromatic carbocycles. The number of carbonyl (C=O) groups is 1. The molecule has 0 amide bonds. The second-order valence-electron chi connectivity index (χ2n) is 3.60. The number of benzene rings is 1. The van der Waals surface area contributed by atoms with E-state index in [2.05, 4.69) is 5.32 Å². The summed E-state index contributed by atoms with van der Waals surface area (Å²) in [6.45, 7) is 1.70. The Morgan fingerprint density at radius 3 is 2.85 bits per heavy atom. The van der Waals surface area contributed by atoms with E-state index in [4.69, 9.17) is 5.11 Å². The molecule has 0 radical (unpaired) electrons. The Labute approximate surface area is 76.4 Å². The van der Waals surface area contributed by atoms with Crippen molar-refractivity contribution in [3.05, 3.63) is 29.8 Å². The number of fused-ring (bicyclic) bond motifs is 1. The lowest BCUT2D eigenvalue weighted by Crippen LogP contribution is -2.41. The summed E-state index contributed by atoms with van der Waals surface area (Å²) in [5, 5.41) is 12.0. The maximum Gasteiger partial charge on any atom is 0.329 e. The van der Waals surface area contributed by atoms with Crippen molar-refractivity contribution in [1.29, 1.82) is 0 Å². The van der Waals surface area contributed by atoms with E-state index in [-0.39, 0.29) is 0 Å². The van der Waals surface area contributed by atoms with Crippen LogP contribution < -0.4 is 5.32 Å². The largest absolute Gasteiger partial charge is 0.480 e. The highest BCUT2D eigenvalue weighted by Crippen LogP contribution is 2.31. The topological polar surface area (TPSA) is 49.3 Å². The molecule has 0 spiro atoms. The predicted molar refractivity (Wildman–Crippen MR) is 49.8 cm³/mol. The fourth-order valence-corrected chi connectivity index (χ4v) is 1.65. The summed E-state index contributed by atoms with van der Waals surface area (Å²) < 4.78 is 0. The smallest absolute Gasteiger partial charge is 0.329 e. The van der Waals surface area contributed by atoms with Gasteiger partial charge in [-0.05, 0) is 18.6 Å². The maximum atomic E-state index is 10.9. The average molecular weight is 177 g/mol. The zero-order chi connectivity index (χ0) is 9.47. The zero-order valence-corrected chi connectivity index (χ0v) is 7.37. The fourth-order valence-electron chi connectivity index (χ4n) is 1.65. The minimum absolute atomic E-state index is 0.554. The molecule has 0 saturated heterocycles. The van der Waals surface area contributed by atoms with E-state index in [1.165, 1.54) is 0 Å². The molecule has 1 aliphatic rings. The molecule has 0 aliphatic carbocycles. The van der Waals surface area contributed by atoms with Crippen LogP contribution in [0.1, 0.15) is 12.5 Å². The minimum atomic E-state index is -0.830. The molecule has 0 bridgehead atoms. The van der Waals surface area contributed by atoms with E-state index in [0.717, 1.165) is 11.3 Å². The summed E-state index contributed by atoms with van der Waals surface area (Å²) in [7, 11) is 0. The van der Waals surface area contributed by atoms with E-state index in [1.807, 2.05) is 24.3 Å². The highest BCUT2D eigenvalue weighted by Gasteiger charge is 2.38. The van der Waals surface area contributed by atoms with Crippen LogP contribution in [0, 0.1) is 0 Å².